The molecule has 1 unspecified atom stereocenters. The van der Waals surface area contributed by atoms with Gasteiger partial charge >= 0.3 is 0 Å². The van der Waals surface area contributed by atoms with E-state index in [0.717, 1.165) is 11.9 Å². The molecule has 0 saturated heterocycles. The van der Waals surface area contributed by atoms with Crippen LogP contribution in [-0.2, 0) is 6.42 Å². The summed E-state index contributed by atoms with van der Waals surface area (Å²) < 4.78 is 0. The van der Waals surface area contributed by atoms with E-state index in [2.05, 4.69) is 55.7 Å². The summed E-state index contributed by atoms with van der Waals surface area (Å²) in [4.78, 5) is 4.72. The number of rotatable bonds is 7. The number of pyridine rings is 1. The minimum atomic E-state index is 0.658. The van der Waals surface area contributed by atoms with Crippen LogP contribution in [0.2, 0.25) is 0 Å². The van der Waals surface area contributed by atoms with Crippen molar-refractivity contribution in [2.45, 2.75) is 45.1 Å². The molecule has 0 spiro atoms. The lowest BCUT2D eigenvalue weighted by Gasteiger charge is -2.14. The van der Waals surface area contributed by atoms with Crippen LogP contribution in [0.5, 0.6) is 0 Å². The van der Waals surface area contributed by atoms with Crippen molar-refractivity contribution in [1.82, 2.24) is 10.3 Å². The molecule has 1 aromatic carbocycles. The zero-order valence-electron chi connectivity index (χ0n) is 12.0. The van der Waals surface area contributed by atoms with Gasteiger partial charge in [-0.25, -0.2) is 0 Å². The molecule has 1 atom stereocenters. The van der Waals surface area contributed by atoms with Crippen molar-refractivity contribution >= 4 is 10.9 Å². The summed E-state index contributed by atoms with van der Waals surface area (Å²) in [7, 11) is 2.06. The predicted molar refractivity (Wildman–Crippen MR) is 82.4 cm³/mol. The average Bonchev–Trinajstić information content (AvgIpc) is 2.46. The fourth-order valence-electron chi connectivity index (χ4n) is 2.56. The molecule has 102 valence electrons. The lowest BCUT2D eigenvalue weighted by Crippen LogP contribution is -2.24. The number of benzene rings is 1. The van der Waals surface area contributed by atoms with Crippen LogP contribution >= 0.6 is 0 Å². The second-order valence-electron chi connectivity index (χ2n) is 5.16. The molecule has 0 radical (unpaired) electrons. The van der Waals surface area contributed by atoms with E-state index in [1.54, 1.807) is 0 Å². The van der Waals surface area contributed by atoms with Crippen LogP contribution in [-0.4, -0.2) is 18.1 Å². The van der Waals surface area contributed by atoms with Gasteiger partial charge in [-0.15, -0.1) is 0 Å². The Kier molecular flexibility index (Phi) is 5.34. The van der Waals surface area contributed by atoms with Crippen LogP contribution in [0.3, 0.4) is 0 Å². The Morgan fingerprint density at radius 1 is 1.11 bits per heavy atom. The van der Waals surface area contributed by atoms with Crippen LogP contribution in [0.25, 0.3) is 10.9 Å². The lowest BCUT2D eigenvalue weighted by atomic mass is 10.0. The minimum absolute atomic E-state index is 0.658. The summed E-state index contributed by atoms with van der Waals surface area (Å²) in [5.74, 6) is 0. The largest absolute Gasteiger partial charge is 0.317 e. The van der Waals surface area contributed by atoms with E-state index in [4.69, 9.17) is 4.98 Å². The first kappa shape index (κ1) is 14.0. The number of aryl methyl sites for hydroxylation is 1. The minimum Gasteiger partial charge on any atom is -0.317 e. The number of nitrogens with zero attached hydrogens (tertiary/aromatic N) is 1. The fourth-order valence-corrected chi connectivity index (χ4v) is 2.56. The normalized spacial score (nSPS) is 12.7. The average molecular weight is 256 g/mol. The monoisotopic (exact) mass is 256 g/mol. The molecular weight excluding hydrogens is 232 g/mol. The molecule has 0 bridgehead atoms. The molecule has 0 aliphatic rings. The van der Waals surface area contributed by atoms with E-state index in [1.165, 1.54) is 36.8 Å². The maximum Gasteiger partial charge on any atom is 0.0705 e. The maximum atomic E-state index is 4.72. The van der Waals surface area contributed by atoms with Gasteiger partial charge in [0.15, 0.2) is 0 Å². The summed E-state index contributed by atoms with van der Waals surface area (Å²) in [6.45, 7) is 2.25. The van der Waals surface area contributed by atoms with Crippen LogP contribution < -0.4 is 5.32 Å². The van der Waals surface area contributed by atoms with Gasteiger partial charge in [0.1, 0.15) is 0 Å². The maximum absolute atomic E-state index is 4.72. The van der Waals surface area contributed by atoms with Crippen molar-refractivity contribution in [2.75, 3.05) is 7.05 Å². The van der Waals surface area contributed by atoms with Crippen LogP contribution in [0, 0.1) is 0 Å². The van der Waals surface area contributed by atoms with E-state index in [9.17, 15) is 0 Å². The molecule has 2 rings (SSSR count). The van der Waals surface area contributed by atoms with Crippen molar-refractivity contribution in [1.29, 1.82) is 0 Å². The molecule has 1 heterocycles. The van der Waals surface area contributed by atoms with Crippen LogP contribution in [0.1, 0.15) is 38.3 Å². The first-order chi connectivity index (χ1) is 9.33. The molecule has 0 aliphatic heterocycles. The number of para-hydroxylation sites is 1. The van der Waals surface area contributed by atoms with Crippen molar-refractivity contribution in [3.8, 4) is 0 Å². The van der Waals surface area contributed by atoms with Crippen molar-refractivity contribution in [3.05, 3.63) is 42.1 Å². The first-order valence-electron chi connectivity index (χ1n) is 7.35. The fraction of sp³-hybridized carbons (Fsp3) is 0.471. The molecule has 2 nitrogen and oxygen atoms in total. The molecule has 0 aliphatic carbocycles. The smallest absolute Gasteiger partial charge is 0.0705 e. The summed E-state index contributed by atoms with van der Waals surface area (Å²) >= 11 is 0. The summed E-state index contributed by atoms with van der Waals surface area (Å²) in [6.07, 6.45) is 6.03. The van der Waals surface area contributed by atoms with Crippen LogP contribution in [0.4, 0.5) is 0 Å². The van der Waals surface area contributed by atoms with Gasteiger partial charge in [0, 0.05) is 17.1 Å². The Bertz CT molecular complexity index is 507. The van der Waals surface area contributed by atoms with Crippen LogP contribution in [0.15, 0.2) is 36.4 Å². The zero-order chi connectivity index (χ0) is 13.5. The second kappa shape index (κ2) is 7.25. The van der Waals surface area contributed by atoms with Gasteiger partial charge in [-0.1, -0.05) is 37.6 Å². The van der Waals surface area contributed by atoms with E-state index in [-0.39, 0.29) is 0 Å². The van der Waals surface area contributed by atoms with Gasteiger partial charge in [0.05, 0.1) is 5.52 Å². The van der Waals surface area contributed by atoms with E-state index in [1.807, 2.05) is 0 Å². The Morgan fingerprint density at radius 2 is 1.95 bits per heavy atom. The summed E-state index contributed by atoms with van der Waals surface area (Å²) in [5.41, 5.74) is 2.32. The van der Waals surface area contributed by atoms with E-state index >= 15 is 0 Å². The molecule has 19 heavy (non-hydrogen) atoms. The van der Waals surface area contributed by atoms with Gasteiger partial charge in [-0.3, -0.25) is 4.98 Å². The Labute approximate surface area is 116 Å². The second-order valence-corrected chi connectivity index (χ2v) is 5.16. The summed E-state index contributed by atoms with van der Waals surface area (Å²) in [6, 6.07) is 13.3. The number of hydrogen-bond acceptors (Lipinski definition) is 2. The van der Waals surface area contributed by atoms with Crippen molar-refractivity contribution in [2.24, 2.45) is 0 Å². The number of hydrogen-bond donors (Lipinski definition) is 1. The van der Waals surface area contributed by atoms with Gasteiger partial charge in [0.2, 0.25) is 0 Å². The zero-order valence-corrected chi connectivity index (χ0v) is 12.0. The van der Waals surface area contributed by atoms with Gasteiger partial charge < -0.3 is 5.32 Å². The number of nitrogens with one attached hydrogen (secondary N) is 1. The standard InChI is InChI=1S/C17H24N2/c1-3-7-15(18-2)9-6-10-16-13-12-14-8-4-5-11-17(14)19-16/h4-5,8,11-13,15,18H,3,6-7,9-10H2,1-2H3. The van der Waals surface area contributed by atoms with Gasteiger partial charge in [0.25, 0.3) is 0 Å². The lowest BCUT2D eigenvalue weighted by molar-refractivity contribution is 0.469. The highest BCUT2D eigenvalue weighted by Gasteiger charge is 2.05. The Balaban J connectivity index is 1.90. The highest BCUT2D eigenvalue weighted by Crippen LogP contribution is 2.14. The van der Waals surface area contributed by atoms with Gasteiger partial charge in [-0.05, 0) is 44.9 Å². The SMILES string of the molecule is CCCC(CCCc1ccc2ccccc2n1)NC. The Morgan fingerprint density at radius 3 is 2.74 bits per heavy atom. The molecule has 0 saturated carbocycles. The molecule has 0 fully saturated rings. The van der Waals surface area contributed by atoms with E-state index in [0.29, 0.717) is 6.04 Å². The molecular formula is C17H24N2. The third kappa shape index (κ3) is 4.03. The highest BCUT2D eigenvalue weighted by atomic mass is 14.9. The number of fused-ring (bicyclic) bond motifs is 1. The summed E-state index contributed by atoms with van der Waals surface area (Å²) in [5, 5.41) is 4.63. The molecule has 2 heteroatoms. The molecule has 2 aromatic rings. The number of aromatic nitrogens is 1. The van der Waals surface area contributed by atoms with E-state index < -0.39 is 0 Å². The third-order valence-electron chi connectivity index (χ3n) is 3.69. The predicted octanol–water partition coefficient (Wildman–Crippen LogP) is 3.95. The first-order valence-corrected chi connectivity index (χ1v) is 7.35. The third-order valence-corrected chi connectivity index (χ3v) is 3.69. The quantitative estimate of drug-likeness (QED) is 0.811. The topological polar surface area (TPSA) is 24.9 Å². The van der Waals surface area contributed by atoms with Gasteiger partial charge in [-0.2, -0.15) is 0 Å². The highest BCUT2D eigenvalue weighted by molar-refractivity contribution is 5.78. The van der Waals surface area contributed by atoms with Crippen molar-refractivity contribution in [3.63, 3.8) is 0 Å². The molecule has 1 aromatic heterocycles. The molecule has 0 amide bonds. The molecule has 1 N–H and O–H groups in total. The Hall–Kier alpha value is -1.41. The van der Waals surface area contributed by atoms with Crippen molar-refractivity contribution < 1.29 is 0 Å².